The summed E-state index contributed by atoms with van der Waals surface area (Å²) in [5, 5.41) is 30.4. The van der Waals surface area contributed by atoms with Crippen LogP contribution in [0.3, 0.4) is 0 Å². The van der Waals surface area contributed by atoms with Crippen LogP contribution in [0.25, 0.3) is 10.9 Å². The standard InChI is InChI=1S/C20H21F4N3O2/c1-18(2,17-13(21)5-3-8-16(17)28)10-19(29,20(22,23)24)11-25-14-6-4-7-15-12(14)9-26-27-15/h3-9,25,28-29H,10-11H2,1-2H3,(H,26,27). The second-order valence-electron chi connectivity index (χ2n) is 7.71. The fourth-order valence-electron chi connectivity index (χ4n) is 3.63. The van der Waals surface area contributed by atoms with Crippen molar-refractivity contribution in [2.75, 3.05) is 11.9 Å². The number of aromatic amines is 1. The molecular weight excluding hydrogens is 390 g/mol. The van der Waals surface area contributed by atoms with Crippen LogP contribution < -0.4 is 5.32 Å². The average Bonchev–Trinajstić information content (AvgIpc) is 3.07. The summed E-state index contributed by atoms with van der Waals surface area (Å²) in [6, 6.07) is 8.44. The van der Waals surface area contributed by atoms with Gasteiger partial charge in [0.15, 0.2) is 5.60 Å². The maximum atomic E-state index is 14.3. The first-order chi connectivity index (χ1) is 13.4. The summed E-state index contributed by atoms with van der Waals surface area (Å²) < 4.78 is 55.8. The number of fused-ring (bicyclic) bond motifs is 1. The first-order valence-electron chi connectivity index (χ1n) is 8.88. The Morgan fingerprint density at radius 1 is 1.10 bits per heavy atom. The van der Waals surface area contributed by atoms with Crippen molar-refractivity contribution in [3.05, 3.63) is 54.0 Å². The molecule has 1 atom stereocenters. The van der Waals surface area contributed by atoms with Gasteiger partial charge in [-0.25, -0.2) is 4.39 Å². The fourth-order valence-corrected chi connectivity index (χ4v) is 3.63. The lowest BCUT2D eigenvalue weighted by molar-refractivity contribution is -0.260. The van der Waals surface area contributed by atoms with E-state index in [1.54, 1.807) is 18.2 Å². The van der Waals surface area contributed by atoms with Gasteiger partial charge in [-0.05, 0) is 36.1 Å². The molecule has 1 aromatic heterocycles. The van der Waals surface area contributed by atoms with Crippen LogP contribution in [0.15, 0.2) is 42.6 Å². The molecule has 4 N–H and O–H groups in total. The topological polar surface area (TPSA) is 81.2 Å². The van der Waals surface area contributed by atoms with E-state index >= 15 is 0 Å². The van der Waals surface area contributed by atoms with Gasteiger partial charge in [0, 0.05) is 16.6 Å². The first-order valence-corrected chi connectivity index (χ1v) is 8.88. The molecule has 0 saturated heterocycles. The second-order valence-corrected chi connectivity index (χ2v) is 7.71. The fraction of sp³-hybridized carbons (Fsp3) is 0.350. The highest BCUT2D eigenvalue weighted by Crippen LogP contribution is 2.44. The van der Waals surface area contributed by atoms with Crippen molar-refractivity contribution in [1.82, 2.24) is 10.2 Å². The SMILES string of the molecule is CC(C)(CC(O)(CNc1cccc2[nH]ncc12)C(F)(F)F)c1c(O)cccc1F. The molecule has 0 saturated carbocycles. The van der Waals surface area contributed by atoms with Crippen LogP contribution in [-0.2, 0) is 5.41 Å². The molecule has 0 amide bonds. The Labute approximate surface area is 164 Å². The Balaban J connectivity index is 1.92. The second kappa shape index (κ2) is 7.22. The van der Waals surface area contributed by atoms with Crippen molar-refractivity contribution in [3.63, 3.8) is 0 Å². The number of nitrogens with one attached hydrogen (secondary N) is 2. The van der Waals surface area contributed by atoms with E-state index in [2.05, 4.69) is 15.5 Å². The Hall–Kier alpha value is -2.81. The van der Waals surface area contributed by atoms with Gasteiger partial charge >= 0.3 is 6.18 Å². The number of aromatic nitrogens is 2. The van der Waals surface area contributed by atoms with Crippen molar-refractivity contribution < 1.29 is 27.8 Å². The van der Waals surface area contributed by atoms with E-state index < -0.39 is 41.7 Å². The third kappa shape index (κ3) is 4.00. The van der Waals surface area contributed by atoms with Gasteiger partial charge in [0.05, 0.1) is 18.3 Å². The number of benzene rings is 2. The number of hydrogen-bond acceptors (Lipinski definition) is 4. The number of phenols is 1. The Bertz CT molecular complexity index is 996. The molecule has 5 nitrogen and oxygen atoms in total. The molecule has 3 aromatic rings. The van der Waals surface area contributed by atoms with Gasteiger partial charge in [0.1, 0.15) is 11.6 Å². The van der Waals surface area contributed by atoms with E-state index in [9.17, 15) is 27.8 Å². The predicted octanol–water partition coefficient (Wildman–Crippen LogP) is 4.48. The maximum absolute atomic E-state index is 14.3. The number of aromatic hydroxyl groups is 1. The molecule has 0 radical (unpaired) electrons. The van der Waals surface area contributed by atoms with E-state index in [4.69, 9.17) is 0 Å². The van der Waals surface area contributed by atoms with Crippen LogP contribution >= 0.6 is 0 Å². The Kier molecular flexibility index (Phi) is 5.20. The van der Waals surface area contributed by atoms with E-state index in [1.807, 2.05) is 0 Å². The summed E-state index contributed by atoms with van der Waals surface area (Å²) >= 11 is 0. The molecule has 0 bridgehead atoms. The summed E-state index contributed by atoms with van der Waals surface area (Å²) in [6.45, 7) is 1.83. The Morgan fingerprint density at radius 3 is 2.45 bits per heavy atom. The lowest BCUT2D eigenvalue weighted by Gasteiger charge is -2.38. The molecule has 0 aliphatic rings. The van der Waals surface area contributed by atoms with E-state index in [-0.39, 0.29) is 5.56 Å². The number of alkyl halides is 3. The summed E-state index contributed by atoms with van der Waals surface area (Å²) in [6.07, 6.45) is -4.40. The van der Waals surface area contributed by atoms with E-state index in [0.29, 0.717) is 16.6 Å². The smallest absolute Gasteiger partial charge is 0.418 e. The quantitative estimate of drug-likeness (QED) is 0.451. The first kappa shape index (κ1) is 20.9. The predicted molar refractivity (Wildman–Crippen MR) is 101 cm³/mol. The van der Waals surface area contributed by atoms with Crippen molar-refractivity contribution in [3.8, 4) is 5.75 Å². The van der Waals surface area contributed by atoms with Crippen LogP contribution in [0.4, 0.5) is 23.2 Å². The molecule has 3 rings (SSSR count). The lowest BCUT2D eigenvalue weighted by atomic mass is 9.74. The molecule has 156 valence electrons. The summed E-state index contributed by atoms with van der Waals surface area (Å²) in [5.74, 6) is -1.30. The molecule has 9 heteroatoms. The summed E-state index contributed by atoms with van der Waals surface area (Å²) in [5.41, 5.74) is -3.98. The molecule has 0 aliphatic carbocycles. The zero-order valence-electron chi connectivity index (χ0n) is 15.8. The van der Waals surface area contributed by atoms with Crippen LogP contribution in [0.1, 0.15) is 25.8 Å². The van der Waals surface area contributed by atoms with Gasteiger partial charge in [-0.15, -0.1) is 0 Å². The zero-order chi connectivity index (χ0) is 21.4. The van der Waals surface area contributed by atoms with Crippen molar-refractivity contribution in [2.45, 2.75) is 37.5 Å². The summed E-state index contributed by atoms with van der Waals surface area (Å²) in [7, 11) is 0. The van der Waals surface area contributed by atoms with Crippen molar-refractivity contribution in [2.24, 2.45) is 0 Å². The minimum absolute atomic E-state index is 0.278. The molecular formula is C20H21F4N3O2. The van der Waals surface area contributed by atoms with Crippen LogP contribution in [-0.4, -0.2) is 38.7 Å². The van der Waals surface area contributed by atoms with E-state index in [1.165, 1.54) is 32.2 Å². The lowest BCUT2D eigenvalue weighted by Crippen LogP contribution is -2.53. The number of nitrogens with zero attached hydrogens (tertiary/aromatic N) is 1. The van der Waals surface area contributed by atoms with Gasteiger partial charge in [-0.2, -0.15) is 18.3 Å². The van der Waals surface area contributed by atoms with Crippen LogP contribution in [0.5, 0.6) is 5.75 Å². The highest BCUT2D eigenvalue weighted by atomic mass is 19.4. The normalized spacial score (nSPS) is 14.7. The van der Waals surface area contributed by atoms with Crippen LogP contribution in [0.2, 0.25) is 0 Å². The Morgan fingerprint density at radius 2 is 1.79 bits per heavy atom. The molecule has 29 heavy (non-hydrogen) atoms. The van der Waals surface area contributed by atoms with Gasteiger partial charge < -0.3 is 15.5 Å². The van der Waals surface area contributed by atoms with Gasteiger partial charge in [-0.3, -0.25) is 5.10 Å². The molecule has 0 fully saturated rings. The third-order valence-corrected chi connectivity index (χ3v) is 4.99. The minimum atomic E-state index is -5.00. The average molecular weight is 411 g/mol. The van der Waals surface area contributed by atoms with Gasteiger partial charge in [-0.1, -0.05) is 26.0 Å². The number of phenolic OH excluding ortho intramolecular Hbond substituents is 1. The largest absolute Gasteiger partial charge is 0.508 e. The van der Waals surface area contributed by atoms with Gasteiger partial charge in [0.2, 0.25) is 0 Å². The van der Waals surface area contributed by atoms with Crippen molar-refractivity contribution in [1.29, 1.82) is 0 Å². The van der Waals surface area contributed by atoms with E-state index in [0.717, 1.165) is 6.07 Å². The number of aliphatic hydroxyl groups is 1. The van der Waals surface area contributed by atoms with Crippen LogP contribution in [0, 0.1) is 5.82 Å². The highest BCUT2D eigenvalue weighted by molar-refractivity contribution is 5.90. The van der Waals surface area contributed by atoms with Gasteiger partial charge in [0.25, 0.3) is 0 Å². The highest BCUT2D eigenvalue weighted by Gasteiger charge is 2.56. The number of hydrogen-bond donors (Lipinski definition) is 4. The zero-order valence-corrected chi connectivity index (χ0v) is 15.8. The minimum Gasteiger partial charge on any atom is -0.508 e. The molecule has 1 heterocycles. The number of rotatable bonds is 6. The maximum Gasteiger partial charge on any atom is 0.418 e. The molecule has 0 aliphatic heterocycles. The monoisotopic (exact) mass is 411 g/mol. The molecule has 0 spiro atoms. The number of halogens is 4. The number of anilines is 1. The molecule has 2 aromatic carbocycles. The number of H-pyrrole nitrogens is 1. The summed E-state index contributed by atoms with van der Waals surface area (Å²) in [4.78, 5) is 0. The van der Waals surface area contributed by atoms with Crippen molar-refractivity contribution >= 4 is 16.6 Å². The molecule has 1 unspecified atom stereocenters. The third-order valence-electron chi connectivity index (χ3n) is 4.99.